The number of hydrogen-bond donors (Lipinski definition) is 1. The highest BCUT2D eigenvalue weighted by Crippen LogP contribution is 2.40. The molecule has 0 aliphatic carbocycles. The zero-order valence-electron chi connectivity index (χ0n) is 18.8. The Morgan fingerprint density at radius 1 is 1.32 bits per heavy atom. The van der Waals surface area contributed by atoms with Crippen molar-refractivity contribution in [2.45, 2.75) is 32.3 Å². The lowest BCUT2D eigenvalue weighted by molar-refractivity contribution is -0.0667. The number of terminal acetylenes is 1. The van der Waals surface area contributed by atoms with Crippen molar-refractivity contribution in [3.8, 4) is 23.6 Å². The van der Waals surface area contributed by atoms with Crippen LogP contribution in [0.4, 0.5) is 5.82 Å². The largest absolute Gasteiger partial charge is 0.383 e. The summed E-state index contributed by atoms with van der Waals surface area (Å²) in [5, 5.41) is 6.10. The standard InChI is InChI=1S/C23H25N5O5S/c1-5-11-31-20-15(4)17(12-32-34(29,30)6-2)33-23(20)28-22-18(21(24)25-13-26-22)19(27-28)16-9-7-14(3)8-10-16/h1,6-10,13,15,17,20,23H,2,11-12H2,3-4H3,(H2,24,25,26)/t15-,17-,20-,23-/m1/s1. The second-order valence-corrected chi connectivity index (χ2v) is 9.52. The molecule has 4 atom stereocenters. The molecular weight excluding hydrogens is 458 g/mol. The molecule has 11 heteroatoms. The van der Waals surface area contributed by atoms with Gasteiger partial charge in [-0.05, 0) is 6.92 Å². The molecule has 1 saturated heterocycles. The van der Waals surface area contributed by atoms with E-state index in [2.05, 4.69) is 22.5 Å². The molecule has 3 aromatic rings. The maximum absolute atomic E-state index is 11.8. The Kier molecular flexibility index (Phi) is 6.67. The summed E-state index contributed by atoms with van der Waals surface area (Å²) >= 11 is 0. The van der Waals surface area contributed by atoms with Gasteiger partial charge in [0.15, 0.2) is 11.9 Å². The Labute approximate surface area is 197 Å². The van der Waals surface area contributed by atoms with Gasteiger partial charge in [-0.3, -0.25) is 4.18 Å². The smallest absolute Gasteiger partial charge is 0.289 e. The normalized spacial score (nSPS) is 22.6. The Morgan fingerprint density at radius 3 is 2.74 bits per heavy atom. The monoisotopic (exact) mass is 483 g/mol. The van der Waals surface area contributed by atoms with Crippen LogP contribution < -0.4 is 5.73 Å². The number of nitrogens with two attached hydrogens (primary N) is 1. The van der Waals surface area contributed by atoms with Gasteiger partial charge in [-0.2, -0.15) is 13.5 Å². The molecule has 1 aromatic carbocycles. The first-order valence-corrected chi connectivity index (χ1v) is 12.0. The van der Waals surface area contributed by atoms with Gasteiger partial charge >= 0.3 is 0 Å². The van der Waals surface area contributed by atoms with E-state index in [1.807, 2.05) is 38.1 Å². The first kappa shape index (κ1) is 23.8. The summed E-state index contributed by atoms with van der Waals surface area (Å²) in [5.74, 6) is 2.45. The van der Waals surface area contributed by atoms with Crippen LogP contribution in [-0.4, -0.2) is 53.6 Å². The van der Waals surface area contributed by atoms with Crippen molar-refractivity contribution in [2.75, 3.05) is 18.9 Å². The van der Waals surface area contributed by atoms with Crippen LogP contribution in [0.5, 0.6) is 0 Å². The minimum atomic E-state index is -3.87. The number of hydrogen-bond acceptors (Lipinski definition) is 9. The molecular formula is C23H25N5O5S. The molecule has 1 aliphatic heterocycles. The van der Waals surface area contributed by atoms with Crippen LogP contribution >= 0.6 is 0 Å². The number of ether oxygens (including phenoxy) is 2. The highest BCUT2D eigenvalue weighted by molar-refractivity contribution is 7.89. The van der Waals surface area contributed by atoms with Gasteiger partial charge in [0, 0.05) is 11.5 Å². The molecule has 1 aliphatic rings. The summed E-state index contributed by atoms with van der Waals surface area (Å²) in [6.07, 6.45) is 4.83. The number of rotatable bonds is 8. The third-order valence-corrected chi connectivity index (χ3v) is 6.62. The van der Waals surface area contributed by atoms with Crippen molar-refractivity contribution in [1.29, 1.82) is 0 Å². The lowest BCUT2D eigenvalue weighted by Crippen LogP contribution is -2.30. The van der Waals surface area contributed by atoms with Gasteiger partial charge < -0.3 is 15.2 Å². The molecule has 2 aromatic heterocycles. The van der Waals surface area contributed by atoms with Crippen molar-refractivity contribution in [2.24, 2.45) is 5.92 Å². The maximum Gasteiger partial charge on any atom is 0.289 e. The highest BCUT2D eigenvalue weighted by Gasteiger charge is 2.45. The third kappa shape index (κ3) is 4.53. The van der Waals surface area contributed by atoms with Crippen LogP contribution in [0.25, 0.3) is 22.3 Å². The van der Waals surface area contributed by atoms with Crippen LogP contribution in [0.1, 0.15) is 18.7 Å². The molecule has 3 heterocycles. The van der Waals surface area contributed by atoms with Crippen LogP contribution in [0.2, 0.25) is 0 Å². The molecule has 1 fully saturated rings. The van der Waals surface area contributed by atoms with Crippen LogP contribution in [0.3, 0.4) is 0 Å². The fourth-order valence-electron chi connectivity index (χ4n) is 3.91. The molecule has 178 valence electrons. The number of anilines is 1. The Balaban J connectivity index is 1.78. The molecule has 10 nitrogen and oxygen atoms in total. The van der Waals surface area contributed by atoms with E-state index in [1.54, 1.807) is 4.68 Å². The summed E-state index contributed by atoms with van der Waals surface area (Å²) in [4.78, 5) is 8.54. The van der Waals surface area contributed by atoms with Crippen LogP contribution in [0.15, 0.2) is 42.6 Å². The van der Waals surface area contributed by atoms with E-state index >= 15 is 0 Å². The average Bonchev–Trinajstić information content (AvgIpc) is 3.35. The zero-order chi connectivity index (χ0) is 24.5. The van der Waals surface area contributed by atoms with E-state index in [0.717, 1.165) is 16.5 Å². The van der Waals surface area contributed by atoms with Crippen molar-refractivity contribution in [3.63, 3.8) is 0 Å². The molecule has 0 saturated carbocycles. The minimum Gasteiger partial charge on any atom is -0.383 e. The maximum atomic E-state index is 11.8. The summed E-state index contributed by atoms with van der Waals surface area (Å²) in [5.41, 5.74) is 9.20. The lowest BCUT2D eigenvalue weighted by atomic mass is 10.0. The van der Waals surface area contributed by atoms with Crippen molar-refractivity contribution < 1.29 is 22.1 Å². The number of benzene rings is 1. The van der Waals surface area contributed by atoms with Crippen molar-refractivity contribution in [3.05, 3.63) is 48.1 Å². The Morgan fingerprint density at radius 2 is 2.06 bits per heavy atom. The predicted molar refractivity (Wildman–Crippen MR) is 127 cm³/mol. The minimum absolute atomic E-state index is 0.0363. The fourth-order valence-corrected chi connectivity index (χ4v) is 4.33. The lowest BCUT2D eigenvalue weighted by Gasteiger charge is -2.21. The molecule has 34 heavy (non-hydrogen) atoms. The molecule has 2 N–H and O–H groups in total. The molecule has 0 unspecified atom stereocenters. The summed E-state index contributed by atoms with van der Waals surface area (Å²) in [7, 11) is -3.87. The van der Waals surface area contributed by atoms with Crippen LogP contribution in [-0.2, 0) is 23.8 Å². The Hall–Kier alpha value is -3.30. The van der Waals surface area contributed by atoms with Gasteiger partial charge in [0.05, 0.1) is 23.5 Å². The quantitative estimate of drug-likeness (QED) is 0.379. The number of nitrogens with zero attached hydrogens (tertiary/aromatic N) is 4. The van der Waals surface area contributed by atoms with Gasteiger partial charge in [0.25, 0.3) is 10.1 Å². The zero-order valence-corrected chi connectivity index (χ0v) is 19.6. The van der Waals surface area contributed by atoms with Gasteiger partial charge in [0.1, 0.15) is 30.5 Å². The topological polar surface area (TPSA) is 131 Å². The fraction of sp³-hybridized carbons (Fsp3) is 0.348. The number of aromatic nitrogens is 4. The van der Waals surface area contributed by atoms with Crippen molar-refractivity contribution in [1.82, 2.24) is 19.7 Å². The van der Waals surface area contributed by atoms with E-state index in [1.165, 1.54) is 6.33 Å². The highest BCUT2D eigenvalue weighted by atomic mass is 32.2. The summed E-state index contributed by atoms with van der Waals surface area (Å²) in [6.45, 7) is 6.93. The van der Waals surface area contributed by atoms with E-state index in [4.69, 9.17) is 30.9 Å². The Bertz CT molecular complexity index is 1350. The van der Waals surface area contributed by atoms with Gasteiger partial charge in [-0.25, -0.2) is 14.6 Å². The molecule has 0 bridgehead atoms. The second kappa shape index (κ2) is 9.52. The first-order valence-electron chi connectivity index (χ1n) is 10.5. The number of fused-ring (bicyclic) bond motifs is 1. The molecule has 4 rings (SSSR count). The molecule has 0 amide bonds. The number of aryl methyl sites for hydroxylation is 1. The van der Waals surface area contributed by atoms with E-state index in [-0.39, 0.29) is 24.9 Å². The van der Waals surface area contributed by atoms with E-state index in [0.29, 0.717) is 16.7 Å². The van der Waals surface area contributed by atoms with Crippen LogP contribution in [0, 0.1) is 25.2 Å². The average molecular weight is 484 g/mol. The van der Waals surface area contributed by atoms with Gasteiger partial charge in [0.2, 0.25) is 0 Å². The SMILES string of the molecule is C#CCO[C@@H]1[C@H](C)[C@@H](COS(=O)(=O)C=C)O[C@H]1n1nc(-c2ccc(C)cc2)c2c(N)ncnc21. The predicted octanol–water partition coefficient (Wildman–Crippen LogP) is 2.43. The van der Waals surface area contributed by atoms with Gasteiger partial charge in [-0.1, -0.05) is 49.3 Å². The molecule has 0 radical (unpaired) electrons. The van der Waals surface area contributed by atoms with E-state index in [9.17, 15) is 8.42 Å². The molecule has 0 spiro atoms. The summed E-state index contributed by atoms with van der Waals surface area (Å²) in [6, 6.07) is 7.82. The van der Waals surface area contributed by atoms with E-state index < -0.39 is 28.6 Å². The van der Waals surface area contributed by atoms with Crippen molar-refractivity contribution >= 4 is 27.0 Å². The summed E-state index contributed by atoms with van der Waals surface area (Å²) < 4.78 is 42.2. The first-order chi connectivity index (χ1) is 16.3. The van der Waals surface area contributed by atoms with Gasteiger partial charge in [-0.15, -0.1) is 6.42 Å². The third-order valence-electron chi connectivity index (χ3n) is 5.74. The number of nitrogen functional groups attached to an aromatic ring is 1. The second-order valence-electron chi connectivity index (χ2n) is 7.96.